The number of benzene rings is 8. The van der Waals surface area contributed by atoms with Crippen molar-refractivity contribution in [1.29, 1.82) is 0 Å². The third-order valence-corrected chi connectivity index (χ3v) is 13.6. The Morgan fingerprint density at radius 2 is 1.02 bits per heavy atom. The lowest BCUT2D eigenvalue weighted by atomic mass is 9.83. The van der Waals surface area contributed by atoms with Crippen molar-refractivity contribution in [2.45, 2.75) is 18.5 Å². The van der Waals surface area contributed by atoms with Gasteiger partial charge >= 0.3 is 0 Å². The van der Waals surface area contributed by atoms with Crippen molar-refractivity contribution >= 4 is 49.4 Å². The molecule has 8 aromatic carbocycles. The van der Waals surface area contributed by atoms with Crippen molar-refractivity contribution in [3.8, 4) is 33.9 Å². The van der Waals surface area contributed by atoms with Crippen molar-refractivity contribution in [2.24, 2.45) is 9.98 Å². The number of nitrogens with zero attached hydrogens (tertiary/aromatic N) is 5. The summed E-state index contributed by atoms with van der Waals surface area (Å²) in [4.78, 5) is 27.6. The molecule has 65 heavy (non-hydrogen) atoms. The molecule has 3 heterocycles. The monoisotopic (exact) mass is 852 g/mol. The van der Waals surface area contributed by atoms with Crippen LogP contribution in [0, 0.1) is 0 Å². The fourth-order valence-corrected chi connectivity index (χ4v) is 10.5. The van der Waals surface area contributed by atoms with Crippen molar-refractivity contribution in [3.63, 3.8) is 0 Å². The zero-order valence-electron chi connectivity index (χ0n) is 35.2. The fourth-order valence-electron chi connectivity index (χ4n) is 9.20. The van der Waals surface area contributed by atoms with Gasteiger partial charge in [-0.05, 0) is 39.9 Å². The smallest absolute Gasteiger partial charge is 0.170 e. The second-order valence-corrected chi connectivity index (χ2v) is 17.5. The van der Waals surface area contributed by atoms with Crippen LogP contribution in [0.15, 0.2) is 222 Å². The highest BCUT2D eigenvalue weighted by atomic mass is 32.1. The van der Waals surface area contributed by atoms with Gasteiger partial charge in [0.25, 0.3) is 0 Å². The number of thiophene rings is 1. The number of hydrogen-bond donors (Lipinski definition) is 1. The lowest BCUT2D eigenvalue weighted by Gasteiger charge is -2.25. The topological polar surface area (TPSA) is 75.4 Å². The number of amidine groups is 2. The van der Waals surface area contributed by atoms with E-state index in [-0.39, 0.29) is 5.92 Å². The maximum absolute atomic E-state index is 5.36. The number of fused-ring (bicyclic) bond motifs is 4. The van der Waals surface area contributed by atoms with Crippen LogP contribution in [-0.4, -0.2) is 26.6 Å². The van der Waals surface area contributed by atoms with Crippen molar-refractivity contribution in [3.05, 3.63) is 251 Å². The SMILES string of the molecule is C1=C(c2nc(-c3ccccc3)nc(-c3cccc4ccccc34)n2)c2c(sc3ccccc23)CC1c1ccc(C2=NC(c3ccccc3-c3ccccc3)N=C(c3ccccc3)N2)cc1. The van der Waals surface area contributed by atoms with E-state index in [0.717, 1.165) is 73.4 Å². The molecule has 2 aromatic heterocycles. The predicted molar refractivity (Wildman–Crippen MR) is 267 cm³/mol. The van der Waals surface area contributed by atoms with E-state index in [0.29, 0.717) is 17.5 Å². The summed E-state index contributed by atoms with van der Waals surface area (Å²) >= 11 is 1.87. The van der Waals surface area contributed by atoms with Crippen LogP contribution in [0.1, 0.15) is 50.6 Å². The first-order valence-corrected chi connectivity index (χ1v) is 22.8. The number of aromatic nitrogens is 3. The van der Waals surface area contributed by atoms with Crippen LogP contribution < -0.4 is 5.32 Å². The molecule has 308 valence electrons. The Hall–Kier alpha value is -8.13. The van der Waals surface area contributed by atoms with E-state index < -0.39 is 6.17 Å². The predicted octanol–water partition coefficient (Wildman–Crippen LogP) is 13.5. The quantitative estimate of drug-likeness (QED) is 0.165. The second-order valence-electron chi connectivity index (χ2n) is 16.4. The molecular weight excluding hydrogens is 813 g/mol. The molecule has 1 aliphatic carbocycles. The zero-order valence-corrected chi connectivity index (χ0v) is 36.0. The highest BCUT2D eigenvalue weighted by molar-refractivity contribution is 7.19. The zero-order chi connectivity index (χ0) is 43.1. The molecule has 1 aliphatic heterocycles. The summed E-state index contributed by atoms with van der Waals surface area (Å²) in [7, 11) is 0. The second kappa shape index (κ2) is 16.5. The third-order valence-electron chi connectivity index (χ3n) is 12.4. The van der Waals surface area contributed by atoms with Crippen molar-refractivity contribution in [2.75, 3.05) is 0 Å². The van der Waals surface area contributed by atoms with E-state index in [2.05, 4.69) is 175 Å². The molecule has 1 N–H and O–H groups in total. The summed E-state index contributed by atoms with van der Waals surface area (Å²) in [5.74, 6) is 3.62. The van der Waals surface area contributed by atoms with E-state index in [4.69, 9.17) is 24.9 Å². The molecule has 0 fully saturated rings. The van der Waals surface area contributed by atoms with Crippen LogP contribution in [0.3, 0.4) is 0 Å². The maximum Gasteiger partial charge on any atom is 0.170 e. The van der Waals surface area contributed by atoms with Gasteiger partial charge in [-0.2, -0.15) is 0 Å². The minimum atomic E-state index is -0.437. The molecule has 2 aliphatic rings. The van der Waals surface area contributed by atoms with Crippen LogP contribution in [0.4, 0.5) is 0 Å². The fraction of sp³-hybridized carbons (Fsp3) is 0.0517. The summed E-state index contributed by atoms with van der Waals surface area (Å²) in [5, 5.41) is 7.09. The minimum absolute atomic E-state index is 0.0748. The summed E-state index contributed by atoms with van der Waals surface area (Å²) in [6, 6.07) is 71.8. The number of hydrogen-bond acceptors (Lipinski definition) is 7. The third kappa shape index (κ3) is 7.32. The average Bonchev–Trinajstić information content (AvgIpc) is 3.77. The number of allylic oxidation sites excluding steroid dienone is 1. The van der Waals surface area contributed by atoms with Crippen molar-refractivity contribution in [1.82, 2.24) is 20.3 Å². The van der Waals surface area contributed by atoms with Gasteiger partial charge in [0, 0.05) is 59.8 Å². The highest BCUT2D eigenvalue weighted by Gasteiger charge is 2.29. The lowest BCUT2D eigenvalue weighted by molar-refractivity contribution is 0.757. The Morgan fingerprint density at radius 3 is 1.78 bits per heavy atom. The van der Waals surface area contributed by atoms with Gasteiger partial charge in [-0.15, -0.1) is 11.3 Å². The van der Waals surface area contributed by atoms with Gasteiger partial charge in [0.2, 0.25) is 0 Å². The molecule has 0 saturated carbocycles. The molecule has 0 amide bonds. The van der Waals surface area contributed by atoms with Gasteiger partial charge in [-0.1, -0.05) is 206 Å². The Labute approximate surface area is 381 Å². The first-order valence-electron chi connectivity index (χ1n) is 22.0. The van der Waals surface area contributed by atoms with Gasteiger partial charge < -0.3 is 5.32 Å². The molecule has 0 spiro atoms. The van der Waals surface area contributed by atoms with E-state index in [1.165, 1.54) is 26.1 Å². The molecule has 7 heteroatoms. The molecule has 0 bridgehead atoms. The van der Waals surface area contributed by atoms with Crippen LogP contribution in [-0.2, 0) is 6.42 Å². The summed E-state index contributed by atoms with van der Waals surface area (Å²) in [6.45, 7) is 0. The Kier molecular flexibility index (Phi) is 9.80. The number of aliphatic imine (C=N–C) groups is 2. The summed E-state index contributed by atoms with van der Waals surface area (Å²) < 4.78 is 1.26. The van der Waals surface area contributed by atoms with Gasteiger partial charge in [0.15, 0.2) is 23.6 Å². The molecule has 10 aromatic rings. The highest BCUT2D eigenvalue weighted by Crippen LogP contribution is 2.46. The van der Waals surface area contributed by atoms with E-state index in [9.17, 15) is 0 Å². The molecular formula is C58H40N6S. The van der Waals surface area contributed by atoms with Crippen LogP contribution >= 0.6 is 11.3 Å². The first-order chi connectivity index (χ1) is 32.2. The van der Waals surface area contributed by atoms with E-state index >= 15 is 0 Å². The van der Waals surface area contributed by atoms with Gasteiger partial charge in [-0.25, -0.2) is 24.9 Å². The van der Waals surface area contributed by atoms with E-state index in [1.54, 1.807) is 0 Å². The Morgan fingerprint density at radius 1 is 0.446 bits per heavy atom. The van der Waals surface area contributed by atoms with Crippen molar-refractivity contribution < 1.29 is 0 Å². The minimum Gasteiger partial charge on any atom is -0.324 e. The van der Waals surface area contributed by atoms with Gasteiger partial charge in [-0.3, -0.25) is 0 Å². The molecule has 0 radical (unpaired) electrons. The maximum atomic E-state index is 5.36. The average molecular weight is 853 g/mol. The normalized spacial score (nSPS) is 15.7. The van der Waals surface area contributed by atoms with Gasteiger partial charge in [0.05, 0.1) is 0 Å². The van der Waals surface area contributed by atoms with Crippen LogP contribution in [0.2, 0.25) is 0 Å². The molecule has 2 unspecified atom stereocenters. The first kappa shape index (κ1) is 38.5. The summed E-state index contributed by atoms with van der Waals surface area (Å²) in [6.07, 6.45) is 2.82. The molecule has 12 rings (SSSR count). The lowest BCUT2D eigenvalue weighted by Crippen LogP contribution is -2.36. The Balaban J connectivity index is 0.962. The molecule has 0 saturated heterocycles. The molecule has 6 nitrogen and oxygen atoms in total. The largest absolute Gasteiger partial charge is 0.324 e. The Bertz CT molecular complexity index is 3480. The summed E-state index contributed by atoms with van der Waals surface area (Å²) in [5.41, 5.74) is 10.7. The number of nitrogens with one attached hydrogen (secondary N) is 1. The number of rotatable bonds is 8. The van der Waals surface area contributed by atoms with Gasteiger partial charge in [0.1, 0.15) is 11.7 Å². The van der Waals surface area contributed by atoms with Crippen LogP contribution in [0.5, 0.6) is 0 Å². The van der Waals surface area contributed by atoms with Crippen LogP contribution in [0.25, 0.3) is 60.3 Å². The standard InChI is InChI=1S/C58H40N6S/c1-4-17-38(18-5-1)44-26-12-13-27-46(44)56-60-53(40-20-6-2-7-21-40)59-55(62-56)42-33-31-37(32-34-42)43-35-49(52-48-28-14-15-30-50(48)65-51(52)36-43)58-63-54(41-22-8-3-9-23-41)61-57(64-58)47-29-16-24-39-19-10-11-25-45(39)47/h1-35,43,56H,36H2,(H,59,60,62). The molecule has 2 atom stereocenters. The van der Waals surface area contributed by atoms with E-state index in [1.807, 2.05) is 53.8 Å².